The van der Waals surface area contributed by atoms with Crippen LogP contribution in [0.2, 0.25) is 0 Å². The minimum atomic E-state index is -0.637. The van der Waals surface area contributed by atoms with E-state index >= 15 is 0 Å². The van der Waals surface area contributed by atoms with Crippen LogP contribution in [0.25, 0.3) is 11.0 Å². The van der Waals surface area contributed by atoms with Gasteiger partial charge in [-0.25, -0.2) is 9.78 Å². The van der Waals surface area contributed by atoms with Crippen LogP contribution in [0.3, 0.4) is 0 Å². The second-order valence-electron chi connectivity index (χ2n) is 5.90. The van der Waals surface area contributed by atoms with E-state index < -0.39 is 12.0 Å². The van der Waals surface area contributed by atoms with Gasteiger partial charge >= 0.3 is 5.97 Å². The fourth-order valence-corrected chi connectivity index (χ4v) is 3.13. The van der Waals surface area contributed by atoms with Crippen molar-refractivity contribution in [3.63, 3.8) is 0 Å². The highest BCUT2D eigenvalue weighted by Crippen LogP contribution is 2.23. The number of esters is 1. The Labute approximate surface area is 157 Å². The number of H-pyrrole nitrogens is 1. The number of carbonyl (C=O) groups is 2. The Morgan fingerprint density at radius 1 is 1.35 bits per heavy atom. The second-order valence-corrected chi connectivity index (χ2v) is 6.86. The highest BCUT2D eigenvalue weighted by molar-refractivity contribution is 7.99. The number of fused-ring (bicyclic) bond motifs is 1. The average molecular weight is 379 g/mol. The molecule has 1 aromatic carbocycles. The van der Waals surface area contributed by atoms with Gasteiger partial charge in [0, 0.05) is 6.07 Å². The Bertz CT molecular complexity index is 762. The third-order valence-corrected chi connectivity index (χ3v) is 4.94. The van der Waals surface area contributed by atoms with Crippen LogP contribution in [-0.2, 0) is 14.3 Å². The molecule has 2 atom stereocenters. The van der Waals surface area contributed by atoms with Gasteiger partial charge in [0.2, 0.25) is 5.91 Å². The maximum Gasteiger partial charge on any atom is 0.328 e. The van der Waals surface area contributed by atoms with E-state index in [-0.39, 0.29) is 17.6 Å². The largest absolute Gasteiger partial charge is 0.494 e. The number of benzene rings is 1. The van der Waals surface area contributed by atoms with Gasteiger partial charge in [0.15, 0.2) is 5.16 Å². The Kier molecular flexibility index (Phi) is 7.32. The zero-order valence-corrected chi connectivity index (χ0v) is 16.3. The van der Waals surface area contributed by atoms with E-state index in [2.05, 4.69) is 15.3 Å². The molecular weight excluding hydrogens is 354 g/mol. The van der Waals surface area contributed by atoms with Gasteiger partial charge in [-0.1, -0.05) is 32.0 Å². The Morgan fingerprint density at radius 3 is 2.77 bits per heavy atom. The number of hydrogen-bond acceptors (Lipinski definition) is 6. The second kappa shape index (κ2) is 9.47. The molecule has 2 aromatic rings. The van der Waals surface area contributed by atoms with Gasteiger partial charge in [-0.2, -0.15) is 0 Å². The van der Waals surface area contributed by atoms with Crippen LogP contribution >= 0.6 is 11.8 Å². The number of aromatic amines is 1. The topological polar surface area (TPSA) is 93.3 Å². The summed E-state index contributed by atoms with van der Waals surface area (Å²) in [6.45, 7) is 6.40. The van der Waals surface area contributed by atoms with Crippen molar-refractivity contribution in [2.45, 2.75) is 38.4 Å². The zero-order valence-electron chi connectivity index (χ0n) is 15.5. The summed E-state index contributed by atoms with van der Waals surface area (Å²) in [6, 6.07) is 4.98. The number of rotatable bonds is 9. The molecular formula is C18H25N3O4S. The van der Waals surface area contributed by atoms with E-state index in [1.807, 2.05) is 39.0 Å². The molecule has 0 aliphatic rings. The molecule has 0 bridgehead atoms. The molecule has 2 N–H and O–H groups in total. The summed E-state index contributed by atoms with van der Waals surface area (Å²) in [5, 5.41) is 3.39. The van der Waals surface area contributed by atoms with Crippen molar-refractivity contribution in [3.05, 3.63) is 18.2 Å². The minimum absolute atomic E-state index is 0.000382. The number of imidazole rings is 1. The molecule has 0 fully saturated rings. The van der Waals surface area contributed by atoms with Crippen LogP contribution < -0.4 is 10.1 Å². The molecule has 1 aromatic heterocycles. The Balaban J connectivity index is 1.97. The Hall–Kier alpha value is -2.22. The lowest BCUT2D eigenvalue weighted by atomic mass is 9.99. The van der Waals surface area contributed by atoms with Gasteiger partial charge in [-0.3, -0.25) is 4.79 Å². The molecule has 7 nitrogen and oxygen atoms in total. The molecule has 26 heavy (non-hydrogen) atoms. The van der Waals surface area contributed by atoms with Crippen molar-refractivity contribution in [1.29, 1.82) is 0 Å². The van der Waals surface area contributed by atoms with Crippen molar-refractivity contribution in [3.8, 4) is 5.75 Å². The third kappa shape index (κ3) is 5.14. The van der Waals surface area contributed by atoms with Crippen LogP contribution in [0, 0.1) is 5.92 Å². The zero-order chi connectivity index (χ0) is 19.1. The van der Waals surface area contributed by atoms with Crippen molar-refractivity contribution < 1.29 is 19.1 Å². The number of ether oxygens (including phenoxy) is 2. The summed E-state index contributed by atoms with van der Waals surface area (Å²) in [4.78, 5) is 31.7. The lowest BCUT2D eigenvalue weighted by Gasteiger charge is -2.21. The molecule has 1 amide bonds. The molecule has 142 valence electrons. The molecule has 2 rings (SSSR count). The summed E-state index contributed by atoms with van der Waals surface area (Å²) in [6.07, 6.45) is 0.763. The number of thioether (sulfide) groups is 1. The fourth-order valence-electron chi connectivity index (χ4n) is 2.44. The van der Waals surface area contributed by atoms with E-state index in [1.54, 1.807) is 0 Å². The molecule has 0 spiro atoms. The lowest BCUT2D eigenvalue weighted by Crippen LogP contribution is -2.46. The number of nitrogens with one attached hydrogen (secondary N) is 2. The van der Waals surface area contributed by atoms with Crippen molar-refractivity contribution >= 4 is 34.7 Å². The number of nitrogens with zero attached hydrogens (tertiary/aromatic N) is 1. The number of methoxy groups -OCH3 is 1. The molecule has 0 saturated heterocycles. The highest BCUT2D eigenvalue weighted by Gasteiger charge is 2.26. The lowest BCUT2D eigenvalue weighted by molar-refractivity contribution is -0.146. The van der Waals surface area contributed by atoms with Gasteiger partial charge in [0.1, 0.15) is 11.8 Å². The summed E-state index contributed by atoms with van der Waals surface area (Å²) in [7, 11) is 1.32. The van der Waals surface area contributed by atoms with Crippen LogP contribution in [0.4, 0.5) is 0 Å². The predicted octanol–water partition coefficient (Wildman–Crippen LogP) is 2.76. The number of carbonyl (C=O) groups excluding carboxylic acids is 2. The van der Waals surface area contributed by atoms with Crippen molar-refractivity contribution in [2.24, 2.45) is 5.92 Å². The molecule has 0 radical (unpaired) electrons. The molecule has 0 aliphatic carbocycles. The van der Waals surface area contributed by atoms with E-state index in [0.717, 1.165) is 23.2 Å². The first kappa shape index (κ1) is 20.1. The summed E-state index contributed by atoms with van der Waals surface area (Å²) in [5.74, 6) is 0.264. The van der Waals surface area contributed by atoms with E-state index in [0.29, 0.717) is 11.8 Å². The third-order valence-electron chi connectivity index (χ3n) is 4.07. The van der Waals surface area contributed by atoms with Gasteiger partial charge in [0.25, 0.3) is 0 Å². The first-order valence-corrected chi connectivity index (χ1v) is 9.59. The van der Waals surface area contributed by atoms with Crippen molar-refractivity contribution in [1.82, 2.24) is 15.3 Å². The Morgan fingerprint density at radius 2 is 2.12 bits per heavy atom. The normalized spacial score (nSPS) is 13.2. The average Bonchev–Trinajstić information content (AvgIpc) is 3.05. The quantitative estimate of drug-likeness (QED) is 0.514. The van der Waals surface area contributed by atoms with Gasteiger partial charge < -0.3 is 19.8 Å². The van der Waals surface area contributed by atoms with Gasteiger partial charge in [0.05, 0.1) is 30.5 Å². The summed E-state index contributed by atoms with van der Waals surface area (Å²) < 4.78 is 10.2. The standard InChI is InChI=1S/C18H25N3O4S/c1-5-11(3)16(17(23)24-4)21-15(22)10-26-18-19-13-8-7-12(25-6-2)9-14(13)20-18/h7-9,11,16H,5-6,10H2,1-4H3,(H,19,20)(H,21,22)/t11-,16+/m0/s1. The van der Waals surface area contributed by atoms with Crippen LogP contribution in [0.5, 0.6) is 5.75 Å². The smallest absolute Gasteiger partial charge is 0.328 e. The summed E-state index contributed by atoms with van der Waals surface area (Å²) in [5.41, 5.74) is 1.66. The number of aromatic nitrogens is 2. The predicted molar refractivity (Wildman–Crippen MR) is 101 cm³/mol. The fraction of sp³-hybridized carbons (Fsp3) is 0.500. The molecule has 1 heterocycles. The molecule has 8 heteroatoms. The van der Waals surface area contributed by atoms with Crippen molar-refractivity contribution in [2.75, 3.05) is 19.5 Å². The molecule has 0 aliphatic heterocycles. The highest BCUT2D eigenvalue weighted by atomic mass is 32.2. The first-order valence-electron chi connectivity index (χ1n) is 8.61. The monoisotopic (exact) mass is 379 g/mol. The number of hydrogen-bond donors (Lipinski definition) is 2. The minimum Gasteiger partial charge on any atom is -0.494 e. The number of amides is 1. The molecule has 0 unspecified atom stereocenters. The van der Waals surface area contributed by atoms with Crippen LogP contribution in [-0.4, -0.2) is 47.4 Å². The van der Waals surface area contributed by atoms with Crippen LogP contribution in [0.1, 0.15) is 27.2 Å². The summed E-state index contributed by atoms with van der Waals surface area (Å²) >= 11 is 1.28. The van der Waals surface area contributed by atoms with E-state index in [1.165, 1.54) is 18.9 Å². The van der Waals surface area contributed by atoms with E-state index in [4.69, 9.17) is 9.47 Å². The SMILES string of the molecule is CCOc1ccc2nc(SCC(=O)N[C@@H](C(=O)OC)[C@@H](C)CC)[nH]c2c1. The molecule has 0 saturated carbocycles. The van der Waals surface area contributed by atoms with E-state index in [9.17, 15) is 9.59 Å². The van der Waals surface area contributed by atoms with Gasteiger partial charge in [-0.15, -0.1) is 0 Å². The van der Waals surface area contributed by atoms with Gasteiger partial charge in [-0.05, 0) is 25.0 Å². The maximum absolute atomic E-state index is 12.2. The first-order chi connectivity index (χ1) is 12.5. The van der Waals surface area contributed by atoms with Crippen LogP contribution in [0.15, 0.2) is 23.4 Å². The maximum atomic E-state index is 12.2.